The minimum atomic E-state index is -0.279. The van der Waals surface area contributed by atoms with Gasteiger partial charge in [-0.25, -0.2) is 0 Å². The number of benzene rings is 2. The number of carbonyl (C=O) groups excluding carboxylic acids is 2. The van der Waals surface area contributed by atoms with E-state index < -0.39 is 0 Å². The lowest BCUT2D eigenvalue weighted by Crippen LogP contribution is -2.39. The summed E-state index contributed by atoms with van der Waals surface area (Å²) in [5.41, 5.74) is 1.64. The van der Waals surface area contributed by atoms with E-state index in [0.717, 1.165) is 18.4 Å². The van der Waals surface area contributed by atoms with E-state index in [-0.39, 0.29) is 30.6 Å². The Morgan fingerprint density at radius 2 is 1.91 bits per heavy atom. The van der Waals surface area contributed by atoms with Crippen molar-refractivity contribution in [1.29, 1.82) is 0 Å². The highest BCUT2D eigenvalue weighted by molar-refractivity contribution is 5.97. The number of nitrogens with zero attached hydrogens (tertiary/aromatic N) is 2. The SMILES string of the molecule is COc1ccc([C@@H]2CC(=O)N(CC(=O)N(C)c3ccccc3OC)C2)cc1OC1CCCO1. The molecular weight excluding hydrogens is 424 g/mol. The number of hydrogen-bond donors (Lipinski definition) is 0. The molecular formula is C25H30N2O6. The second kappa shape index (κ2) is 10.1. The van der Waals surface area contributed by atoms with Gasteiger partial charge in [0.2, 0.25) is 11.8 Å². The van der Waals surface area contributed by atoms with E-state index in [2.05, 4.69) is 0 Å². The van der Waals surface area contributed by atoms with Gasteiger partial charge in [0.25, 0.3) is 0 Å². The van der Waals surface area contributed by atoms with E-state index in [4.69, 9.17) is 18.9 Å². The summed E-state index contributed by atoms with van der Waals surface area (Å²) in [7, 11) is 4.86. The van der Waals surface area contributed by atoms with Gasteiger partial charge in [-0.3, -0.25) is 9.59 Å². The van der Waals surface area contributed by atoms with E-state index in [1.54, 1.807) is 32.2 Å². The number of likely N-dealkylation sites (tertiary alicyclic amines) is 1. The molecule has 8 nitrogen and oxygen atoms in total. The van der Waals surface area contributed by atoms with Gasteiger partial charge in [-0.2, -0.15) is 0 Å². The summed E-state index contributed by atoms with van der Waals surface area (Å²) in [5.74, 6) is 1.60. The predicted molar refractivity (Wildman–Crippen MR) is 123 cm³/mol. The highest BCUT2D eigenvalue weighted by Crippen LogP contribution is 2.36. The van der Waals surface area contributed by atoms with E-state index in [1.807, 2.05) is 36.4 Å². The number of anilines is 1. The van der Waals surface area contributed by atoms with E-state index >= 15 is 0 Å². The van der Waals surface area contributed by atoms with Gasteiger partial charge in [0.15, 0.2) is 17.8 Å². The molecule has 2 heterocycles. The number of amides is 2. The summed E-state index contributed by atoms with van der Waals surface area (Å²) in [5, 5.41) is 0. The third-order valence-electron chi connectivity index (χ3n) is 6.17. The Hall–Kier alpha value is -3.26. The van der Waals surface area contributed by atoms with Crippen LogP contribution in [0, 0.1) is 0 Å². The number of rotatable bonds is 8. The largest absolute Gasteiger partial charge is 0.495 e. The molecule has 2 amide bonds. The van der Waals surface area contributed by atoms with Crippen LogP contribution in [0.15, 0.2) is 42.5 Å². The topological polar surface area (TPSA) is 77.5 Å². The Labute approximate surface area is 194 Å². The minimum absolute atomic E-state index is 0.0132. The maximum absolute atomic E-state index is 12.9. The quantitative estimate of drug-likeness (QED) is 0.610. The Morgan fingerprint density at radius 1 is 1.12 bits per heavy atom. The van der Waals surface area contributed by atoms with E-state index in [9.17, 15) is 9.59 Å². The third kappa shape index (κ3) is 5.06. The molecule has 1 unspecified atom stereocenters. The fourth-order valence-electron chi connectivity index (χ4n) is 4.28. The van der Waals surface area contributed by atoms with Crippen LogP contribution in [-0.2, 0) is 14.3 Å². The molecule has 2 atom stereocenters. The van der Waals surface area contributed by atoms with Crippen LogP contribution in [0.25, 0.3) is 0 Å². The molecule has 4 rings (SSSR count). The van der Waals surface area contributed by atoms with Gasteiger partial charge in [0, 0.05) is 32.4 Å². The number of para-hydroxylation sites is 2. The van der Waals surface area contributed by atoms with Gasteiger partial charge in [0.05, 0.1) is 26.5 Å². The fourth-order valence-corrected chi connectivity index (χ4v) is 4.28. The number of methoxy groups -OCH3 is 2. The summed E-state index contributed by atoms with van der Waals surface area (Å²) >= 11 is 0. The molecule has 2 aromatic carbocycles. The molecule has 0 saturated carbocycles. The van der Waals surface area contributed by atoms with Gasteiger partial charge in [0.1, 0.15) is 12.3 Å². The first kappa shape index (κ1) is 22.9. The molecule has 2 fully saturated rings. The molecule has 0 spiro atoms. The van der Waals surface area contributed by atoms with Gasteiger partial charge in [-0.1, -0.05) is 18.2 Å². The first-order chi connectivity index (χ1) is 16.0. The minimum Gasteiger partial charge on any atom is -0.495 e. The highest BCUT2D eigenvalue weighted by atomic mass is 16.7. The van der Waals surface area contributed by atoms with Crippen LogP contribution in [0.2, 0.25) is 0 Å². The summed E-state index contributed by atoms with van der Waals surface area (Å²) < 4.78 is 22.4. The van der Waals surface area contributed by atoms with Gasteiger partial charge in [-0.15, -0.1) is 0 Å². The second-order valence-electron chi connectivity index (χ2n) is 8.27. The average molecular weight is 455 g/mol. The van der Waals surface area contributed by atoms with E-state index in [1.165, 1.54) is 4.90 Å². The van der Waals surface area contributed by atoms with Crippen LogP contribution in [0.1, 0.15) is 30.7 Å². The summed E-state index contributed by atoms with van der Waals surface area (Å²) in [6, 6.07) is 13.0. The van der Waals surface area contributed by atoms with Crippen molar-refractivity contribution in [1.82, 2.24) is 4.90 Å². The molecule has 0 radical (unpaired) electrons. The van der Waals surface area contributed by atoms with Crippen molar-refractivity contribution in [2.24, 2.45) is 0 Å². The Morgan fingerprint density at radius 3 is 2.64 bits per heavy atom. The summed E-state index contributed by atoms with van der Waals surface area (Å²) in [6.07, 6.45) is 1.87. The number of likely N-dealkylation sites (N-methyl/N-ethyl adjacent to an activating group) is 1. The standard InChI is InChI=1S/C25H30N2O6/c1-26(19-7-4-5-8-20(19)30-2)24(29)16-27-15-18(14-23(27)28)17-10-11-21(31-3)22(13-17)33-25-9-6-12-32-25/h4-5,7-8,10-11,13,18,25H,6,9,12,14-16H2,1-3H3/t18-,25?/m1/s1. The summed E-state index contributed by atoms with van der Waals surface area (Å²) in [4.78, 5) is 28.8. The molecule has 8 heteroatoms. The maximum atomic E-state index is 12.9. The predicted octanol–water partition coefficient (Wildman–Crippen LogP) is 3.20. The van der Waals surface area contributed by atoms with Crippen LogP contribution in [0.5, 0.6) is 17.2 Å². The molecule has 2 aliphatic rings. The zero-order valence-electron chi connectivity index (χ0n) is 19.3. The van der Waals surface area contributed by atoms with Crippen LogP contribution >= 0.6 is 0 Å². The molecule has 0 N–H and O–H groups in total. The van der Waals surface area contributed by atoms with Crippen molar-refractivity contribution in [2.45, 2.75) is 31.5 Å². The smallest absolute Gasteiger partial charge is 0.246 e. The average Bonchev–Trinajstić information content (AvgIpc) is 3.48. The van der Waals surface area contributed by atoms with Crippen molar-refractivity contribution >= 4 is 17.5 Å². The van der Waals surface area contributed by atoms with Crippen molar-refractivity contribution in [3.63, 3.8) is 0 Å². The van der Waals surface area contributed by atoms with Crippen LogP contribution < -0.4 is 19.1 Å². The first-order valence-corrected chi connectivity index (χ1v) is 11.1. The lowest BCUT2D eigenvalue weighted by molar-refractivity contribution is -0.132. The zero-order chi connectivity index (χ0) is 23.4. The van der Waals surface area contributed by atoms with Gasteiger partial charge in [-0.05, 0) is 36.2 Å². The lowest BCUT2D eigenvalue weighted by atomic mass is 9.98. The number of ether oxygens (including phenoxy) is 4. The number of hydrogen-bond acceptors (Lipinski definition) is 6. The molecule has 0 aliphatic carbocycles. The maximum Gasteiger partial charge on any atom is 0.246 e. The number of carbonyl (C=O) groups is 2. The Balaban J connectivity index is 1.44. The Kier molecular flexibility index (Phi) is 7.03. The second-order valence-corrected chi connectivity index (χ2v) is 8.27. The lowest BCUT2D eigenvalue weighted by Gasteiger charge is -2.23. The molecule has 176 valence electrons. The van der Waals surface area contributed by atoms with Gasteiger partial charge < -0.3 is 28.7 Å². The van der Waals surface area contributed by atoms with Crippen LogP contribution in [0.3, 0.4) is 0 Å². The monoisotopic (exact) mass is 454 g/mol. The zero-order valence-corrected chi connectivity index (χ0v) is 19.3. The fraction of sp³-hybridized carbons (Fsp3) is 0.440. The molecule has 0 aromatic heterocycles. The molecule has 2 aromatic rings. The highest BCUT2D eigenvalue weighted by Gasteiger charge is 2.33. The van der Waals surface area contributed by atoms with Crippen molar-refractivity contribution in [3.05, 3.63) is 48.0 Å². The van der Waals surface area contributed by atoms with Gasteiger partial charge >= 0.3 is 0 Å². The van der Waals surface area contributed by atoms with Crippen molar-refractivity contribution in [2.75, 3.05) is 45.9 Å². The molecule has 33 heavy (non-hydrogen) atoms. The normalized spacial score (nSPS) is 20.1. The summed E-state index contributed by atoms with van der Waals surface area (Å²) in [6.45, 7) is 1.17. The van der Waals surface area contributed by atoms with Crippen LogP contribution in [-0.4, -0.2) is 64.0 Å². The molecule has 2 aliphatic heterocycles. The van der Waals surface area contributed by atoms with Crippen LogP contribution in [0.4, 0.5) is 5.69 Å². The first-order valence-electron chi connectivity index (χ1n) is 11.1. The van der Waals surface area contributed by atoms with Crippen molar-refractivity contribution in [3.8, 4) is 17.2 Å². The Bertz CT molecular complexity index is 1000. The molecule has 0 bridgehead atoms. The third-order valence-corrected chi connectivity index (χ3v) is 6.17. The molecule has 2 saturated heterocycles. The van der Waals surface area contributed by atoms with Crippen molar-refractivity contribution < 1.29 is 28.5 Å². The van der Waals surface area contributed by atoms with E-state index in [0.29, 0.717) is 42.5 Å².